The van der Waals surface area contributed by atoms with Crippen LogP contribution in [0.2, 0.25) is 0 Å². The first kappa shape index (κ1) is 12.1. The molecule has 0 atom stereocenters. The molecule has 0 aliphatic heterocycles. The molecule has 14 heavy (non-hydrogen) atoms. The van der Waals surface area contributed by atoms with Crippen LogP contribution in [0.3, 0.4) is 0 Å². The lowest BCUT2D eigenvalue weighted by atomic mass is 10.1. The summed E-state index contributed by atoms with van der Waals surface area (Å²) in [5, 5.41) is 4.15. The number of halogens is 2. The molecule has 5 heteroatoms. The Morgan fingerprint density at radius 1 is 1.36 bits per heavy atom. The molecule has 0 bridgehead atoms. The summed E-state index contributed by atoms with van der Waals surface area (Å²) < 4.78 is 0. The molecule has 1 rings (SSSR count). The van der Waals surface area contributed by atoms with Crippen LogP contribution in [0.25, 0.3) is 0 Å². The highest BCUT2D eigenvalue weighted by Gasteiger charge is 2.23. The number of nitrogens with one attached hydrogen (secondary N) is 1. The smallest absolute Gasteiger partial charge is 0.183 e. The molecule has 0 unspecified atom stereocenters. The van der Waals surface area contributed by atoms with Gasteiger partial charge in [-0.05, 0) is 20.8 Å². The molecule has 0 radical (unpaired) electrons. The maximum atomic E-state index is 5.84. The van der Waals surface area contributed by atoms with Crippen LogP contribution >= 0.6 is 34.5 Å². The van der Waals surface area contributed by atoms with Crippen molar-refractivity contribution in [3.63, 3.8) is 0 Å². The second-order valence-electron chi connectivity index (χ2n) is 3.61. The number of hydrogen-bond acceptors (Lipinski definition) is 3. The molecule has 80 valence electrons. The van der Waals surface area contributed by atoms with Crippen LogP contribution in [0.5, 0.6) is 0 Å². The molecule has 1 aromatic rings. The average molecular weight is 253 g/mol. The van der Waals surface area contributed by atoms with Crippen LogP contribution < -0.4 is 5.32 Å². The topological polar surface area (TPSA) is 24.9 Å². The van der Waals surface area contributed by atoms with Crippen molar-refractivity contribution >= 4 is 39.7 Å². The number of aryl methyl sites for hydroxylation is 2. The van der Waals surface area contributed by atoms with Crippen molar-refractivity contribution < 1.29 is 0 Å². The minimum absolute atomic E-state index is 0.278. The Kier molecular flexibility index (Phi) is 4.04. The molecule has 0 fully saturated rings. The highest BCUT2D eigenvalue weighted by molar-refractivity contribution is 7.15. The van der Waals surface area contributed by atoms with E-state index in [9.17, 15) is 0 Å². The van der Waals surface area contributed by atoms with E-state index in [1.165, 1.54) is 4.88 Å². The predicted octanol–water partition coefficient (Wildman–Crippen LogP) is 3.41. The van der Waals surface area contributed by atoms with Crippen molar-refractivity contribution in [1.82, 2.24) is 4.98 Å². The first-order valence-corrected chi connectivity index (χ1v) is 6.23. The minimum Gasteiger partial charge on any atom is -0.354 e. The highest BCUT2D eigenvalue weighted by Crippen LogP contribution is 2.25. The number of thiazole rings is 1. The summed E-state index contributed by atoms with van der Waals surface area (Å²) in [4.78, 5) is 5.60. The number of nitrogens with zero attached hydrogens (tertiary/aromatic N) is 1. The van der Waals surface area contributed by atoms with Gasteiger partial charge < -0.3 is 5.32 Å². The van der Waals surface area contributed by atoms with Crippen LogP contribution in [0, 0.1) is 13.8 Å². The van der Waals surface area contributed by atoms with E-state index >= 15 is 0 Å². The maximum absolute atomic E-state index is 5.84. The third-order valence-electron chi connectivity index (χ3n) is 2.03. The number of alkyl halides is 2. The largest absolute Gasteiger partial charge is 0.354 e. The molecule has 0 spiro atoms. The maximum Gasteiger partial charge on any atom is 0.183 e. The Labute approximate surface area is 98.6 Å². The first-order valence-electron chi connectivity index (χ1n) is 4.35. The lowest BCUT2D eigenvalue weighted by molar-refractivity contribution is 0.648. The van der Waals surface area contributed by atoms with Gasteiger partial charge in [0.1, 0.15) is 0 Å². The van der Waals surface area contributed by atoms with Crippen molar-refractivity contribution in [2.75, 3.05) is 17.1 Å². The zero-order valence-electron chi connectivity index (χ0n) is 8.53. The van der Waals surface area contributed by atoms with E-state index in [0.29, 0.717) is 11.8 Å². The summed E-state index contributed by atoms with van der Waals surface area (Å²) in [5.41, 5.74) is 0.781. The van der Waals surface area contributed by atoms with Gasteiger partial charge in [0, 0.05) is 16.6 Å². The van der Waals surface area contributed by atoms with E-state index in [-0.39, 0.29) is 5.54 Å². The Balaban J connectivity index is 2.77. The van der Waals surface area contributed by atoms with E-state index in [1.54, 1.807) is 11.3 Å². The van der Waals surface area contributed by atoms with Crippen molar-refractivity contribution in [3.8, 4) is 0 Å². The van der Waals surface area contributed by atoms with E-state index in [4.69, 9.17) is 23.2 Å². The lowest BCUT2D eigenvalue weighted by Gasteiger charge is -2.25. The molecular weight excluding hydrogens is 239 g/mol. The monoisotopic (exact) mass is 252 g/mol. The first-order chi connectivity index (χ1) is 6.50. The molecule has 0 amide bonds. The summed E-state index contributed by atoms with van der Waals surface area (Å²) in [5.74, 6) is 0.933. The van der Waals surface area contributed by atoms with Gasteiger partial charge in [-0.15, -0.1) is 34.5 Å². The average Bonchev–Trinajstić information content (AvgIpc) is 2.45. The zero-order valence-corrected chi connectivity index (χ0v) is 10.9. The molecule has 1 heterocycles. The van der Waals surface area contributed by atoms with E-state index < -0.39 is 0 Å². The summed E-state index contributed by atoms with van der Waals surface area (Å²) in [6.07, 6.45) is 0. The quantitative estimate of drug-likeness (QED) is 0.832. The second-order valence-corrected chi connectivity index (χ2v) is 5.35. The molecule has 0 aliphatic rings. The molecular formula is C9H14Cl2N2S. The van der Waals surface area contributed by atoms with Crippen LogP contribution in [-0.2, 0) is 0 Å². The highest BCUT2D eigenvalue weighted by atomic mass is 35.5. The fourth-order valence-corrected chi connectivity index (χ4v) is 2.27. The Bertz CT molecular complexity index is 288. The van der Waals surface area contributed by atoms with Gasteiger partial charge >= 0.3 is 0 Å². The fourth-order valence-electron chi connectivity index (χ4n) is 0.887. The van der Waals surface area contributed by atoms with Gasteiger partial charge in [-0.2, -0.15) is 0 Å². The number of hydrogen-bond donors (Lipinski definition) is 1. The van der Waals surface area contributed by atoms with E-state index in [0.717, 1.165) is 10.8 Å². The molecule has 0 aromatic carbocycles. The van der Waals surface area contributed by atoms with Gasteiger partial charge in [-0.1, -0.05) is 0 Å². The SMILES string of the molecule is Cc1nc(NC(C)(CCl)CCl)sc1C. The minimum atomic E-state index is -0.278. The zero-order chi connectivity index (χ0) is 10.8. The number of anilines is 1. The van der Waals surface area contributed by atoms with Gasteiger partial charge in [0.2, 0.25) is 0 Å². The summed E-state index contributed by atoms with van der Waals surface area (Å²) in [6, 6.07) is 0. The van der Waals surface area contributed by atoms with Crippen LogP contribution in [-0.4, -0.2) is 22.3 Å². The Morgan fingerprint density at radius 2 is 1.93 bits per heavy atom. The number of rotatable bonds is 4. The van der Waals surface area contributed by atoms with Gasteiger partial charge in [-0.3, -0.25) is 0 Å². The molecule has 0 saturated carbocycles. The molecule has 1 aromatic heterocycles. The van der Waals surface area contributed by atoms with Crippen LogP contribution in [0.1, 0.15) is 17.5 Å². The molecule has 0 aliphatic carbocycles. The standard InChI is InChI=1S/C9H14Cl2N2S/c1-6-7(2)14-8(12-6)13-9(3,4-10)5-11/h4-5H2,1-3H3,(H,12,13). The molecule has 2 nitrogen and oxygen atoms in total. The van der Waals surface area contributed by atoms with Crippen molar-refractivity contribution in [2.24, 2.45) is 0 Å². The fraction of sp³-hybridized carbons (Fsp3) is 0.667. The van der Waals surface area contributed by atoms with Gasteiger partial charge in [0.15, 0.2) is 5.13 Å². The number of aromatic nitrogens is 1. The molecule has 0 saturated heterocycles. The van der Waals surface area contributed by atoms with Crippen LogP contribution in [0.15, 0.2) is 0 Å². The third kappa shape index (κ3) is 2.75. The van der Waals surface area contributed by atoms with Crippen molar-refractivity contribution in [1.29, 1.82) is 0 Å². The van der Waals surface area contributed by atoms with Gasteiger partial charge in [0.05, 0.1) is 11.2 Å². The lowest BCUT2D eigenvalue weighted by Crippen LogP contribution is -2.38. The Morgan fingerprint density at radius 3 is 2.29 bits per heavy atom. The van der Waals surface area contributed by atoms with Gasteiger partial charge in [0.25, 0.3) is 0 Å². The Hall–Kier alpha value is 0.01000. The third-order valence-corrected chi connectivity index (χ3v) is 4.20. The van der Waals surface area contributed by atoms with Crippen molar-refractivity contribution in [3.05, 3.63) is 10.6 Å². The summed E-state index contributed by atoms with van der Waals surface area (Å²) >= 11 is 13.3. The summed E-state index contributed by atoms with van der Waals surface area (Å²) in [7, 11) is 0. The van der Waals surface area contributed by atoms with Gasteiger partial charge in [-0.25, -0.2) is 4.98 Å². The normalized spacial score (nSPS) is 11.8. The molecule has 1 N–H and O–H groups in total. The van der Waals surface area contributed by atoms with E-state index in [1.807, 2.05) is 13.8 Å². The van der Waals surface area contributed by atoms with Crippen molar-refractivity contribution in [2.45, 2.75) is 26.3 Å². The summed E-state index contributed by atoms with van der Waals surface area (Å²) in [6.45, 7) is 6.03. The van der Waals surface area contributed by atoms with Crippen LogP contribution in [0.4, 0.5) is 5.13 Å². The predicted molar refractivity (Wildman–Crippen MR) is 65.1 cm³/mol. The second kappa shape index (κ2) is 4.69. The van der Waals surface area contributed by atoms with E-state index in [2.05, 4.69) is 17.2 Å².